The Labute approximate surface area is 127 Å². The van der Waals surface area contributed by atoms with Crippen LogP contribution in [0, 0.1) is 17.2 Å². The average Bonchev–Trinajstić information content (AvgIpc) is 2.54. The predicted molar refractivity (Wildman–Crippen MR) is 85.5 cm³/mol. The lowest BCUT2D eigenvalue weighted by Crippen LogP contribution is -2.07. The van der Waals surface area contributed by atoms with E-state index in [0.29, 0.717) is 18.1 Å². The van der Waals surface area contributed by atoms with Crippen molar-refractivity contribution in [2.24, 2.45) is 5.92 Å². The van der Waals surface area contributed by atoms with Crippen LogP contribution in [0.5, 0.6) is 0 Å². The van der Waals surface area contributed by atoms with Crippen molar-refractivity contribution in [2.75, 3.05) is 13.7 Å². The molecule has 1 unspecified atom stereocenters. The van der Waals surface area contributed by atoms with E-state index in [2.05, 4.69) is 24.8 Å². The zero-order valence-electron chi connectivity index (χ0n) is 12.8. The minimum absolute atomic E-state index is 0.227. The Balaban J connectivity index is 2.38. The lowest BCUT2D eigenvalue weighted by atomic mass is 9.94. The monoisotopic (exact) mass is 287 g/mol. The third-order valence-corrected chi connectivity index (χ3v) is 3.77. The van der Waals surface area contributed by atoms with Crippen molar-refractivity contribution in [2.45, 2.75) is 38.5 Å². The molecule has 0 bridgehead atoms. The maximum Gasteiger partial charge on any atom is 0.118 e. The lowest BCUT2D eigenvalue weighted by Gasteiger charge is -2.14. The molecule has 0 saturated carbocycles. The minimum Gasteiger partial charge on any atom is -0.497 e. The normalized spacial score (nSPS) is 11.7. The molecule has 21 heavy (non-hydrogen) atoms. The molecule has 1 N–H and O–H groups in total. The van der Waals surface area contributed by atoms with E-state index in [0.717, 1.165) is 37.7 Å². The molecule has 0 aliphatic heterocycles. The molecule has 1 aromatic carbocycles. The van der Waals surface area contributed by atoms with E-state index in [1.807, 2.05) is 12.1 Å². The smallest absolute Gasteiger partial charge is 0.118 e. The van der Waals surface area contributed by atoms with Gasteiger partial charge in [-0.05, 0) is 37.2 Å². The van der Waals surface area contributed by atoms with Gasteiger partial charge in [0.2, 0.25) is 0 Å². The SMILES string of the molecule is C=C(OC)c1ccc(CCC(CO)CCCCC#N)cc1. The van der Waals surface area contributed by atoms with Gasteiger partial charge >= 0.3 is 0 Å². The molecule has 1 atom stereocenters. The van der Waals surface area contributed by atoms with E-state index in [1.54, 1.807) is 7.11 Å². The molecule has 0 fully saturated rings. The summed E-state index contributed by atoms with van der Waals surface area (Å²) in [5, 5.41) is 17.9. The molecule has 0 spiro atoms. The zero-order chi connectivity index (χ0) is 15.5. The molecule has 0 heterocycles. The summed E-state index contributed by atoms with van der Waals surface area (Å²) in [6.45, 7) is 4.06. The van der Waals surface area contributed by atoms with Crippen LogP contribution in [0.1, 0.15) is 43.2 Å². The van der Waals surface area contributed by atoms with Gasteiger partial charge in [-0.15, -0.1) is 0 Å². The fraction of sp³-hybridized carbons (Fsp3) is 0.500. The van der Waals surface area contributed by atoms with Gasteiger partial charge in [0.15, 0.2) is 0 Å². The number of aliphatic hydroxyl groups excluding tert-OH is 1. The second-order valence-electron chi connectivity index (χ2n) is 5.32. The zero-order valence-corrected chi connectivity index (χ0v) is 12.8. The van der Waals surface area contributed by atoms with Crippen LogP contribution in [0.25, 0.3) is 5.76 Å². The van der Waals surface area contributed by atoms with E-state index in [9.17, 15) is 5.11 Å². The third kappa shape index (κ3) is 6.46. The predicted octanol–water partition coefficient (Wildman–Crippen LogP) is 3.93. The van der Waals surface area contributed by atoms with Crippen molar-refractivity contribution in [3.05, 3.63) is 42.0 Å². The van der Waals surface area contributed by atoms with Crippen molar-refractivity contribution in [1.82, 2.24) is 0 Å². The van der Waals surface area contributed by atoms with Gasteiger partial charge in [0.1, 0.15) is 5.76 Å². The maximum atomic E-state index is 9.42. The molecule has 0 aliphatic carbocycles. The van der Waals surface area contributed by atoms with Crippen molar-refractivity contribution in [3.63, 3.8) is 0 Å². The highest BCUT2D eigenvalue weighted by atomic mass is 16.5. The van der Waals surface area contributed by atoms with E-state index in [4.69, 9.17) is 10.00 Å². The number of rotatable bonds is 10. The van der Waals surface area contributed by atoms with Crippen LogP contribution in [-0.4, -0.2) is 18.8 Å². The first-order chi connectivity index (χ1) is 10.2. The molecule has 0 radical (unpaired) electrons. The van der Waals surface area contributed by atoms with Crippen molar-refractivity contribution < 1.29 is 9.84 Å². The highest BCUT2D eigenvalue weighted by Crippen LogP contribution is 2.18. The van der Waals surface area contributed by atoms with Gasteiger partial charge in [-0.3, -0.25) is 0 Å². The summed E-state index contributed by atoms with van der Waals surface area (Å²) in [7, 11) is 1.62. The lowest BCUT2D eigenvalue weighted by molar-refractivity contribution is 0.208. The van der Waals surface area contributed by atoms with Crippen molar-refractivity contribution in [1.29, 1.82) is 5.26 Å². The Morgan fingerprint density at radius 2 is 2.00 bits per heavy atom. The number of methoxy groups -OCH3 is 1. The summed E-state index contributed by atoms with van der Waals surface area (Å²) >= 11 is 0. The molecule has 1 aromatic rings. The van der Waals surface area contributed by atoms with Crippen molar-refractivity contribution in [3.8, 4) is 6.07 Å². The van der Waals surface area contributed by atoms with Gasteiger partial charge in [0.05, 0.1) is 13.2 Å². The highest BCUT2D eigenvalue weighted by Gasteiger charge is 2.08. The fourth-order valence-corrected chi connectivity index (χ4v) is 2.31. The first kappa shape index (κ1) is 17.3. The molecule has 3 nitrogen and oxygen atoms in total. The van der Waals surface area contributed by atoms with Gasteiger partial charge in [0.25, 0.3) is 0 Å². The van der Waals surface area contributed by atoms with Gasteiger partial charge < -0.3 is 9.84 Å². The molecular formula is C18H25NO2. The Hall–Kier alpha value is -1.79. The molecular weight excluding hydrogens is 262 g/mol. The van der Waals surface area contributed by atoms with E-state index >= 15 is 0 Å². The largest absolute Gasteiger partial charge is 0.497 e. The number of hydrogen-bond acceptors (Lipinski definition) is 3. The molecule has 0 aromatic heterocycles. The van der Waals surface area contributed by atoms with Gasteiger partial charge in [0, 0.05) is 18.6 Å². The number of benzene rings is 1. The summed E-state index contributed by atoms with van der Waals surface area (Å²) < 4.78 is 5.11. The maximum absolute atomic E-state index is 9.42. The molecule has 114 valence electrons. The molecule has 3 heteroatoms. The van der Waals surface area contributed by atoms with Gasteiger partial charge in [-0.1, -0.05) is 37.3 Å². The number of aliphatic hydroxyl groups is 1. The second-order valence-corrected chi connectivity index (χ2v) is 5.32. The number of aryl methyl sites for hydroxylation is 1. The van der Waals surface area contributed by atoms with E-state index < -0.39 is 0 Å². The standard InChI is InChI=1S/C18H25NO2/c1-15(21-2)18-11-9-16(10-12-18)7-8-17(14-20)6-4-3-5-13-19/h9-12,17,20H,1,3-8,14H2,2H3. The third-order valence-electron chi connectivity index (χ3n) is 3.77. The number of nitriles is 1. The molecule has 1 rings (SSSR count). The van der Waals surface area contributed by atoms with Crippen LogP contribution in [0.15, 0.2) is 30.8 Å². The molecule has 0 amide bonds. The Morgan fingerprint density at radius 3 is 2.57 bits per heavy atom. The van der Waals surface area contributed by atoms with Crippen molar-refractivity contribution >= 4 is 5.76 Å². The first-order valence-electron chi connectivity index (χ1n) is 7.51. The number of unbranched alkanes of at least 4 members (excludes halogenated alkanes) is 2. The van der Waals surface area contributed by atoms with Crippen LogP contribution >= 0.6 is 0 Å². The van der Waals surface area contributed by atoms with E-state index in [1.165, 1.54) is 5.56 Å². The number of ether oxygens (including phenoxy) is 1. The van der Waals surface area contributed by atoms with Crippen LogP contribution in [-0.2, 0) is 11.2 Å². The van der Waals surface area contributed by atoms with Crippen LogP contribution in [0.4, 0.5) is 0 Å². The topological polar surface area (TPSA) is 53.2 Å². The quantitative estimate of drug-likeness (QED) is 0.524. The summed E-state index contributed by atoms with van der Waals surface area (Å²) in [6.07, 6.45) is 5.50. The summed E-state index contributed by atoms with van der Waals surface area (Å²) in [6, 6.07) is 10.4. The van der Waals surface area contributed by atoms with Crippen LogP contribution < -0.4 is 0 Å². The van der Waals surface area contributed by atoms with Crippen LogP contribution in [0.3, 0.4) is 0 Å². The fourth-order valence-electron chi connectivity index (χ4n) is 2.31. The first-order valence-corrected chi connectivity index (χ1v) is 7.51. The number of hydrogen-bond donors (Lipinski definition) is 1. The molecule has 0 saturated heterocycles. The minimum atomic E-state index is 0.227. The second kappa shape index (κ2) is 10.0. The highest BCUT2D eigenvalue weighted by molar-refractivity contribution is 5.57. The Kier molecular flexibility index (Phi) is 8.23. The summed E-state index contributed by atoms with van der Waals surface area (Å²) in [4.78, 5) is 0. The summed E-state index contributed by atoms with van der Waals surface area (Å²) in [5.41, 5.74) is 2.26. The van der Waals surface area contributed by atoms with E-state index in [-0.39, 0.29) is 6.61 Å². The van der Waals surface area contributed by atoms with Gasteiger partial charge in [-0.25, -0.2) is 0 Å². The molecule has 0 aliphatic rings. The van der Waals surface area contributed by atoms with Crippen LogP contribution in [0.2, 0.25) is 0 Å². The average molecular weight is 287 g/mol. The number of nitrogens with zero attached hydrogens (tertiary/aromatic N) is 1. The Morgan fingerprint density at radius 1 is 1.29 bits per heavy atom. The summed E-state index contributed by atoms with van der Waals surface area (Å²) in [5.74, 6) is 1.00. The van der Waals surface area contributed by atoms with Gasteiger partial charge in [-0.2, -0.15) is 5.26 Å². The Bertz CT molecular complexity index is 459.